The fourth-order valence-electron chi connectivity index (χ4n) is 2.42. The Balaban J connectivity index is 2.44. The first-order valence-electron chi connectivity index (χ1n) is 6.22. The van der Waals surface area contributed by atoms with Crippen LogP contribution >= 0.6 is 15.9 Å². The van der Waals surface area contributed by atoms with Gasteiger partial charge in [0.25, 0.3) is 0 Å². The number of aryl methyl sites for hydroxylation is 1. The van der Waals surface area contributed by atoms with Gasteiger partial charge in [-0.05, 0) is 42.8 Å². The van der Waals surface area contributed by atoms with Gasteiger partial charge in [0, 0.05) is 4.47 Å². The van der Waals surface area contributed by atoms with Gasteiger partial charge >= 0.3 is 11.7 Å². The summed E-state index contributed by atoms with van der Waals surface area (Å²) < 4.78 is 2.21. The molecule has 6 heteroatoms. The van der Waals surface area contributed by atoms with Crippen LogP contribution in [0.25, 0.3) is 16.7 Å². The van der Waals surface area contributed by atoms with Gasteiger partial charge in [-0.2, -0.15) is 0 Å². The molecule has 0 aliphatic rings. The number of fused-ring (bicyclic) bond motifs is 1. The van der Waals surface area contributed by atoms with E-state index in [-0.39, 0.29) is 11.3 Å². The topological polar surface area (TPSA) is 75.1 Å². The molecule has 0 atom stereocenters. The first-order chi connectivity index (χ1) is 9.97. The van der Waals surface area contributed by atoms with Gasteiger partial charge in [0.05, 0.1) is 22.3 Å². The molecule has 5 nitrogen and oxygen atoms in total. The third-order valence-corrected chi connectivity index (χ3v) is 3.68. The molecule has 0 amide bonds. The highest BCUT2D eigenvalue weighted by Crippen LogP contribution is 2.23. The van der Waals surface area contributed by atoms with E-state index in [1.54, 1.807) is 18.2 Å². The van der Waals surface area contributed by atoms with Crippen molar-refractivity contribution in [3.05, 3.63) is 62.5 Å². The molecule has 0 bridgehead atoms. The zero-order chi connectivity index (χ0) is 15.1. The molecular weight excluding hydrogens is 336 g/mol. The zero-order valence-electron chi connectivity index (χ0n) is 11.1. The summed E-state index contributed by atoms with van der Waals surface area (Å²) in [6.07, 6.45) is 0. The summed E-state index contributed by atoms with van der Waals surface area (Å²) in [5, 5.41) is 9.33. The number of H-pyrrole nitrogens is 1. The zero-order valence-corrected chi connectivity index (χ0v) is 12.6. The minimum absolute atomic E-state index is 0.0866. The van der Waals surface area contributed by atoms with E-state index in [0.29, 0.717) is 16.7 Å². The number of carboxylic acids is 1. The van der Waals surface area contributed by atoms with E-state index < -0.39 is 5.97 Å². The molecule has 1 aromatic heterocycles. The standard InChI is InChI=1S/C15H11BrN2O3/c1-8-5-9(16)7-10(6-8)18-13-11(14(19)20)3-2-4-12(13)17-15(18)21/h2-7H,1H3,(H,17,21)(H,19,20). The molecular formula is C15H11BrN2O3. The van der Waals surface area contributed by atoms with E-state index in [0.717, 1.165) is 10.0 Å². The van der Waals surface area contributed by atoms with Gasteiger partial charge in [0.15, 0.2) is 0 Å². The van der Waals surface area contributed by atoms with E-state index in [2.05, 4.69) is 20.9 Å². The first kappa shape index (κ1) is 13.6. The van der Waals surface area contributed by atoms with E-state index in [1.807, 2.05) is 19.1 Å². The number of nitrogens with one attached hydrogen (secondary N) is 1. The highest BCUT2D eigenvalue weighted by atomic mass is 79.9. The molecule has 0 fully saturated rings. The predicted octanol–water partition coefficient (Wildman–Crippen LogP) is 3.09. The second-order valence-electron chi connectivity index (χ2n) is 4.76. The van der Waals surface area contributed by atoms with Crippen molar-refractivity contribution in [2.75, 3.05) is 0 Å². The van der Waals surface area contributed by atoms with Crippen molar-refractivity contribution < 1.29 is 9.90 Å². The molecule has 3 aromatic rings. The second-order valence-corrected chi connectivity index (χ2v) is 5.67. The number of nitrogens with zero attached hydrogens (tertiary/aromatic N) is 1. The quantitative estimate of drug-likeness (QED) is 0.748. The van der Waals surface area contributed by atoms with Crippen LogP contribution in [0.15, 0.2) is 45.7 Å². The third-order valence-electron chi connectivity index (χ3n) is 3.22. The monoisotopic (exact) mass is 346 g/mol. The Kier molecular flexibility index (Phi) is 3.17. The van der Waals surface area contributed by atoms with Gasteiger partial charge in [-0.3, -0.25) is 4.57 Å². The lowest BCUT2D eigenvalue weighted by atomic mass is 10.1. The van der Waals surface area contributed by atoms with Crippen LogP contribution < -0.4 is 5.69 Å². The van der Waals surface area contributed by atoms with Crippen LogP contribution in [0.5, 0.6) is 0 Å². The van der Waals surface area contributed by atoms with Gasteiger partial charge in [-0.15, -0.1) is 0 Å². The number of halogens is 1. The van der Waals surface area contributed by atoms with Gasteiger partial charge in [-0.25, -0.2) is 9.59 Å². The Bertz CT molecular complexity index is 904. The average Bonchev–Trinajstić information content (AvgIpc) is 2.72. The lowest BCUT2D eigenvalue weighted by Crippen LogP contribution is -2.16. The van der Waals surface area contributed by atoms with Crippen molar-refractivity contribution in [3.63, 3.8) is 0 Å². The summed E-state index contributed by atoms with van der Waals surface area (Å²) >= 11 is 3.39. The molecule has 2 aromatic carbocycles. The van der Waals surface area contributed by atoms with E-state index in [4.69, 9.17) is 0 Å². The van der Waals surface area contributed by atoms with Crippen LogP contribution in [0.3, 0.4) is 0 Å². The molecule has 0 aliphatic carbocycles. The summed E-state index contributed by atoms with van der Waals surface area (Å²) in [6, 6.07) is 10.3. The summed E-state index contributed by atoms with van der Waals surface area (Å²) in [7, 11) is 0. The van der Waals surface area contributed by atoms with Crippen LogP contribution in [0.4, 0.5) is 0 Å². The van der Waals surface area contributed by atoms with Crippen molar-refractivity contribution in [3.8, 4) is 5.69 Å². The number of para-hydroxylation sites is 1. The maximum Gasteiger partial charge on any atom is 0.337 e. The third kappa shape index (κ3) is 2.27. The fourth-order valence-corrected chi connectivity index (χ4v) is 3.02. The molecule has 1 heterocycles. The lowest BCUT2D eigenvalue weighted by molar-refractivity contribution is 0.0698. The molecule has 0 saturated heterocycles. The van der Waals surface area contributed by atoms with Gasteiger partial charge in [0.2, 0.25) is 0 Å². The number of rotatable bonds is 2. The van der Waals surface area contributed by atoms with Crippen molar-refractivity contribution >= 4 is 32.9 Å². The SMILES string of the molecule is Cc1cc(Br)cc(-n2c(=O)[nH]c3cccc(C(=O)O)c32)c1. The van der Waals surface area contributed by atoms with Crippen molar-refractivity contribution in [1.29, 1.82) is 0 Å². The summed E-state index contributed by atoms with van der Waals surface area (Å²) in [6.45, 7) is 1.91. The van der Waals surface area contributed by atoms with Crippen molar-refractivity contribution in [2.24, 2.45) is 0 Å². The van der Waals surface area contributed by atoms with Crippen molar-refractivity contribution in [1.82, 2.24) is 9.55 Å². The normalized spacial score (nSPS) is 11.0. The van der Waals surface area contributed by atoms with E-state index in [1.165, 1.54) is 10.6 Å². The Morgan fingerprint density at radius 2 is 2.05 bits per heavy atom. The molecule has 0 radical (unpaired) electrons. The Hall–Kier alpha value is -2.34. The van der Waals surface area contributed by atoms with Gasteiger partial charge in [0.1, 0.15) is 0 Å². The number of aromatic nitrogens is 2. The predicted molar refractivity (Wildman–Crippen MR) is 83.3 cm³/mol. The molecule has 106 valence electrons. The number of hydrogen-bond donors (Lipinski definition) is 2. The van der Waals surface area contributed by atoms with Crippen molar-refractivity contribution in [2.45, 2.75) is 6.92 Å². The minimum Gasteiger partial charge on any atom is -0.478 e. The number of imidazole rings is 1. The molecule has 0 spiro atoms. The number of hydrogen-bond acceptors (Lipinski definition) is 2. The minimum atomic E-state index is -1.07. The summed E-state index contributed by atoms with van der Waals surface area (Å²) in [5.74, 6) is -1.07. The largest absolute Gasteiger partial charge is 0.478 e. The lowest BCUT2D eigenvalue weighted by Gasteiger charge is -2.07. The molecule has 3 rings (SSSR count). The van der Waals surface area contributed by atoms with Gasteiger partial charge in [-0.1, -0.05) is 22.0 Å². The molecule has 0 aliphatic heterocycles. The summed E-state index contributed by atoms with van der Waals surface area (Å²) in [5.41, 5.74) is 2.17. The van der Waals surface area contributed by atoms with E-state index >= 15 is 0 Å². The maximum atomic E-state index is 12.2. The highest BCUT2D eigenvalue weighted by Gasteiger charge is 2.16. The number of aromatic carboxylic acids is 1. The molecule has 2 N–H and O–H groups in total. The second kappa shape index (κ2) is 4.89. The van der Waals surface area contributed by atoms with Crippen LogP contribution in [0.2, 0.25) is 0 Å². The van der Waals surface area contributed by atoms with Crippen LogP contribution in [0.1, 0.15) is 15.9 Å². The van der Waals surface area contributed by atoms with E-state index in [9.17, 15) is 14.7 Å². The maximum absolute atomic E-state index is 12.2. The fraction of sp³-hybridized carbons (Fsp3) is 0.0667. The van der Waals surface area contributed by atoms with Crippen LogP contribution in [-0.4, -0.2) is 20.6 Å². The highest BCUT2D eigenvalue weighted by molar-refractivity contribution is 9.10. The number of carbonyl (C=O) groups is 1. The first-order valence-corrected chi connectivity index (χ1v) is 7.01. The Labute approximate surface area is 128 Å². The summed E-state index contributed by atoms with van der Waals surface area (Å²) in [4.78, 5) is 26.3. The smallest absolute Gasteiger partial charge is 0.337 e. The molecule has 0 unspecified atom stereocenters. The number of aromatic amines is 1. The van der Waals surface area contributed by atoms with Gasteiger partial charge < -0.3 is 10.1 Å². The Morgan fingerprint density at radius 1 is 1.29 bits per heavy atom. The number of benzene rings is 2. The molecule has 21 heavy (non-hydrogen) atoms. The average molecular weight is 347 g/mol. The number of carboxylic acid groups (broad SMARTS) is 1. The molecule has 0 saturated carbocycles. The van der Waals surface area contributed by atoms with Crippen LogP contribution in [0, 0.1) is 6.92 Å². The Morgan fingerprint density at radius 3 is 2.71 bits per heavy atom. The van der Waals surface area contributed by atoms with Crippen LogP contribution in [-0.2, 0) is 0 Å².